The van der Waals surface area contributed by atoms with Crippen molar-refractivity contribution < 1.29 is 9.59 Å². The molecular formula is C14H22N4O2. The van der Waals surface area contributed by atoms with Gasteiger partial charge in [-0.25, -0.2) is 0 Å². The predicted octanol–water partition coefficient (Wildman–Crippen LogP) is 0.543. The van der Waals surface area contributed by atoms with E-state index in [1.165, 1.54) is 4.90 Å². The number of rotatable bonds is 5. The molecule has 20 heavy (non-hydrogen) atoms. The normalized spacial score (nSPS) is 10.0. The standard InChI is InChI=1S/C14H22N4O2/c1-5-18(9-13(19)17(3)4)12-7-6-10(8-11(12)15)14(20)16-2/h6-8H,5,9,15H2,1-4H3,(H,16,20). The van der Waals surface area contributed by atoms with Crippen LogP contribution >= 0.6 is 0 Å². The minimum atomic E-state index is -0.185. The third-order valence-corrected chi connectivity index (χ3v) is 3.06. The summed E-state index contributed by atoms with van der Waals surface area (Å²) in [5.41, 5.74) is 7.74. The predicted molar refractivity (Wildman–Crippen MR) is 80.8 cm³/mol. The van der Waals surface area contributed by atoms with Crippen molar-refractivity contribution in [1.82, 2.24) is 10.2 Å². The van der Waals surface area contributed by atoms with Gasteiger partial charge in [0.15, 0.2) is 0 Å². The Balaban J connectivity index is 2.99. The summed E-state index contributed by atoms with van der Waals surface area (Å²) in [6.45, 7) is 2.87. The molecule has 0 saturated carbocycles. The molecule has 1 aromatic rings. The second kappa shape index (κ2) is 6.79. The maximum Gasteiger partial charge on any atom is 0.251 e. The molecule has 0 aliphatic heterocycles. The molecular weight excluding hydrogens is 256 g/mol. The van der Waals surface area contributed by atoms with Gasteiger partial charge in [0.05, 0.1) is 17.9 Å². The zero-order valence-electron chi connectivity index (χ0n) is 12.4. The highest BCUT2D eigenvalue weighted by molar-refractivity contribution is 5.96. The summed E-state index contributed by atoms with van der Waals surface area (Å²) in [7, 11) is 5.00. The van der Waals surface area contributed by atoms with E-state index in [2.05, 4.69) is 5.32 Å². The Morgan fingerprint density at radius 3 is 2.40 bits per heavy atom. The maximum absolute atomic E-state index is 11.8. The van der Waals surface area contributed by atoms with Gasteiger partial charge >= 0.3 is 0 Å². The van der Waals surface area contributed by atoms with Gasteiger partial charge in [0.2, 0.25) is 5.91 Å². The number of carbonyl (C=O) groups excluding carboxylic acids is 2. The number of nitrogens with zero attached hydrogens (tertiary/aromatic N) is 2. The summed E-state index contributed by atoms with van der Waals surface area (Å²) in [6.07, 6.45) is 0. The van der Waals surface area contributed by atoms with Crippen LogP contribution in [-0.2, 0) is 4.79 Å². The van der Waals surface area contributed by atoms with E-state index >= 15 is 0 Å². The summed E-state index contributed by atoms with van der Waals surface area (Å²) in [4.78, 5) is 26.8. The average Bonchev–Trinajstić information content (AvgIpc) is 2.43. The van der Waals surface area contributed by atoms with Crippen LogP contribution in [0.5, 0.6) is 0 Å². The molecule has 0 radical (unpaired) electrons. The molecule has 0 spiro atoms. The molecule has 0 unspecified atom stereocenters. The van der Waals surface area contributed by atoms with E-state index < -0.39 is 0 Å². The Bertz CT molecular complexity index is 500. The van der Waals surface area contributed by atoms with Gasteiger partial charge in [-0.15, -0.1) is 0 Å². The first kappa shape index (κ1) is 15.8. The van der Waals surface area contributed by atoms with Crippen molar-refractivity contribution in [2.75, 3.05) is 44.9 Å². The van der Waals surface area contributed by atoms with Crippen LogP contribution in [0.3, 0.4) is 0 Å². The molecule has 0 aromatic heterocycles. The molecule has 0 heterocycles. The molecule has 0 aliphatic rings. The van der Waals surface area contributed by atoms with E-state index in [0.29, 0.717) is 17.8 Å². The van der Waals surface area contributed by atoms with Crippen LogP contribution in [0, 0.1) is 0 Å². The molecule has 0 fully saturated rings. The zero-order chi connectivity index (χ0) is 15.3. The van der Waals surface area contributed by atoms with E-state index in [-0.39, 0.29) is 18.4 Å². The molecule has 110 valence electrons. The first-order chi connectivity index (χ1) is 9.40. The molecule has 1 rings (SSSR count). The average molecular weight is 278 g/mol. The second-order valence-electron chi connectivity index (χ2n) is 4.66. The smallest absolute Gasteiger partial charge is 0.251 e. The van der Waals surface area contributed by atoms with Crippen molar-refractivity contribution in [1.29, 1.82) is 0 Å². The minimum Gasteiger partial charge on any atom is -0.397 e. The molecule has 0 saturated heterocycles. The molecule has 0 bridgehead atoms. The number of nitrogen functional groups attached to an aromatic ring is 1. The Labute approximate surface area is 119 Å². The Hall–Kier alpha value is -2.24. The number of carbonyl (C=O) groups is 2. The SMILES string of the molecule is CCN(CC(=O)N(C)C)c1ccc(C(=O)NC)cc1N. The summed E-state index contributed by atoms with van der Waals surface area (Å²) < 4.78 is 0. The van der Waals surface area contributed by atoms with E-state index in [9.17, 15) is 9.59 Å². The van der Waals surface area contributed by atoms with E-state index in [0.717, 1.165) is 5.69 Å². The van der Waals surface area contributed by atoms with Gasteiger partial charge in [-0.05, 0) is 25.1 Å². The lowest BCUT2D eigenvalue weighted by atomic mass is 10.1. The van der Waals surface area contributed by atoms with Crippen molar-refractivity contribution >= 4 is 23.2 Å². The van der Waals surface area contributed by atoms with Crippen LogP contribution in [-0.4, -0.2) is 50.9 Å². The highest BCUT2D eigenvalue weighted by Crippen LogP contribution is 2.24. The van der Waals surface area contributed by atoms with Crippen LogP contribution in [0.2, 0.25) is 0 Å². The summed E-state index contributed by atoms with van der Waals surface area (Å²) in [6, 6.07) is 5.09. The number of benzene rings is 1. The summed E-state index contributed by atoms with van der Waals surface area (Å²) in [5, 5.41) is 2.55. The van der Waals surface area contributed by atoms with Crippen LogP contribution in [0.4, 0.5) is 11.4 Å². The molecule has 6 nitrogen and oxygen atoms in total. The largest absolute Gasteiger partial charge is 0.397 e. The van der Waals surface area contributed by atoms with Crippen LogP contribution in [0.25, 0.3) is 0 Å². The third-order valence-electron chi connectivity index (χ3n) is 3.06. The van der Waals surface area contributed by atoms with Gasteiger partial charge in [-0.3, -0.25) is 9.59 Å². The molecule has 0 aliphatic carbocycles. The quantitative estimate of drug-likeness (QED) is 0.771. The van der Waals surface area contributed by atoms with Gasteiger partial charge in [0.25, 0.3) is 5.91 Å². The van der Waals surface area contributed by atoms with Crippen molar-refractivity contribution in [3.63, 3.8) is 0 Å². The number of anilines is 2. The van der Waals surface area contributed by atoms with E-state index in [1.54, 1.807) is 39.3 Å². The minimum absolute atomic E-state index is 0.00151. The Morgan fingerprint density at radius 1 is 1.30 bits per heavy atom. The number of hydrogen-bond donors (Lipinski definition) is 2. The molecule has 0 atom stereocenters. The first-order valence-electron chi connectivity index (χ1n) is 6.47. The Kier molecular flexibility index (Phi) is 5.37. The van der Waals surface area contributed by atoms with Gasteiger partial charge in [0, 0.05) is 33.3 Å². The third kappa shape index (κ3) is 3.63. The molecule has 2 amide bonds. The van der Waals surface area contributed by atoms with Gasteiger partial charge in [0.1, 0.15) is 0 Å². The zero-order valence-corrected chi connectivity index (χ0v) is 12.4. The second-order valence-corrected chi connectivity index (χ2v) is 4.66. The lowest BCUT2D eigenvalue weighted by Crippen LogP contribution is -2.37. The molecule has 6 heteroatoms. The van der Waals surface area contributed by atoms with Crippen LogP contribution in [0.1, 0.15) is 17.3 Å². The number of amides is 2. The number of nitrogens with one attached hydrogen (secondary N) is 1. The van der Waals surface area contributed by atoms with Crippen molar-refractivity contribution in [3.8, 4) is 0 Å². The number of likely N-dealkylation sites (N-methyl/N-ethyl adjacent to an activating group) is 2. The van der Waals surface area contributed by atoms with E-state index in [4.69, 9.17) is 5.73 Å². The van der Waals surface area contributed by atoms with Crippen molar-refractivity contribution in [3.05, 3.63) is 23.8 Å². The lowest BCUT2D eigenvalue weighted by Gasteiger charge is -2.25. The Morgan fingerprint density at radius 2 is 1.95 bits per heavy atom. The molecule has 1 aromatic carbocycles. The highest BCUT2D eigenvalue weighted by atomic mass is 16.2. The van der Waals surface area contributed by atoms with Gasteiger partial charge in [-0.1, -0.05) is 0 Å². The van der Waals surface area contributed by atoms with Crippen LogP contribution < -0.4 is 16.0 Å². The molecule has 3 N–H and O–H groups in total. The lowest BCUT2D eigenvalue weighted by molar-refractivity contribution is -0.127. The van der Waals surface area contributed by atoms with Crippen LogP contribution in [0.15, 0.2) is 18.2 Å². The maximum atomic E-state index is 11.8. The fourth-order valence-electron chi connectivity index (χ4n) is 1.80. The van der Waals surface area contributed by atoms with Crippen molar-refractivity contribution in [2.45, 2.75) is 6.92 Å². The van der Waals surface area contributed by atoms with Crippen molar-refractivity contribution in [2.24, 2.45) is 0 Å². The van der Waals surface area contributed by atoms with Gasteiger partial charge in [-0.2, -0.15) is 0 Å². The fraction of sp³-hybridized carbons (Fsp3) is 0.429. The van der Waals surface area contributed by atoms with Gasteiger partial charge < -0.3 is 20.9 Å². The highest BCUT2D eigenvalue weighted by Gasteiger charge is 2.15. The number of nitrogens with two attached hydrogens (primary N) is 1. The first-order valence-corrected chi connectivity index (χ1v) is 6.47. The number of hydrogen-bond acceptors (Lipinski definition) is 4. The van der Waals surface area contributed by atoms with E-state index in [1.807, 2.05) is 11.8 Å². The summed E-state index contributed by atoms with van der Waals surface area (Å²) in [5.74, 6) is -0.183. The summed E-state index contributed by atoms with van der Waals surface area (Å²) >= 11 is 0. The topological polar surface area (TPSA) is 78.7 Å². The fourth-order valence-corrected chi connectivity index (χ4v) is 1.80. The monoisotopic (exact) mass is 278 g/mol.